The highest BCUT2D eigenvalue weighted by Gasteiger charge is 2.38. The molecule has 1 aromatic carbocycles. The molecule has 1 fully saturated rings. The van der Waals surface area contributed by atoms with Gasteiger partial charge in [-0.1, -0.05) is 6.07 Å². The van der Waals surface area contributed by atoms with Crippen LogP contribution in [0.25, 0.3) is 0 Å². The zero-order chi connectivity index (χ0) is 17.3. The highest BCUT2D eigenvalue weighted by Crippen LogP contribution is 2.42. The van der Waals surface area contributed by atoms with Crippen molar-refractivity contribution in [1.82, 2.24) is 4.31 Å². The van der Waals surface area contributed by atoms with Crippen molar-refractivity contribution in [3.05, 3.63) is 28.2 Å². The number of thioether (sulfide) groups is 1. The molecule has 1 aliphatic rings. The molecule has 1 aromatic rings. The van der Waals surface area contributed by atoms with Crippen LogP contribution in [0.2, 0.25) is 0 Å². The third kappa shape index (κ3) is 4.77. The van der Waals surface area contributed by atoms with Crippen LogP contribution >= 0.6 is 27.7 Å². The van der Waals surface area contributed by atoms with Gasteiger partial charge in [0.2, 0.25) is 10.0 Å². The fraction of sp³-hybridized carbons (Fsp3) is 0.538. The lowest BCUT2D eigenvalue weighted by molar-refractivity contribution is -0.130. The van der Waals surface area contributed by atoms with E-state index in [4.69, 9.17) is 4.74 Å². The van der Waals surface area contributed by atoms with E-state index < -0.39 is 33.7 Å². The van der Waals surface area contributed by atoms with Gasteiger partial charge in [-0.05, 0) is 33.6 Å². The van der Waals surface area contributed by atoms with Crippen molar-refractivity contribution in [2.45, 2.75) is 18.0 Å². The average molecular weight is 434 g/mol. The quantitative estimate of drug-likeness (QED) is 0.708. The molecule has 1 unspecified atom stereocenters. The summed E-state index contributed by atoms with van der Waals surface area (Å²) in [5.74, 6) is 0.216. The van der Waals surface area contributed by atoms with Crippen molar-refractivity contribution in [2.24, 2.45) is 0 Å². The van der Waals surface area contributed by atoms with Gasteiger partial charge in [0, 0.05) is 12.3 Å². The molecule has 0 bridgehead atoms. The summed E-state index contributed by atoms with van der Waals surface area (Å²) in [6.07, 6.45) is -5.83. The van der Waals surface area contributed by atoms with Crippen molar-refractivity contribution >= 4 is 37.7 Å². The number of alkyl halides is 3. The van der Waals surface area contributed by atoms with E-state index in [1.165, 1.54) is 18.9 Å². The molecule has 0 N–H and O–H groups in total. The maximum atomic E-state index is 12.3. The molecule has 2 rings (SSSR count). The lowest BCUT2D eigenvalue weighted by atomic mass is 10.2. The first-order chi connectivity index (χ1) is 10.6. The highest BCUT2D eigenvalue weighted by molar-refractivity contribution is 9.10. The summed E-state index contributed by atoms with van der Waals surface area (Å²) in [4.78, 5) is 0. The molecule has 1 atom stereocenters. The topological polar surface area (TPSA) is 46.6 Å². The molecule has 1 aliphatic heterocycles. The molecule has 130 valence electrons. The second kappa shape index (κ2) is 7.20. The van der Waals surface area contributed by atoms with Crippen molar-refractivity contribution in [1.29, 1.82) is 0 Å². The molecule has 0 amide bonds. The Bertz CT molecular complexity index is 667. The number of benzene rings is 1. The van der Waals surface area contributed by atoms with Crippen molar-refractivity contribution < 1.29 is 26.3 Å². The lowest BCUT2D eigenvalue weighted by Gasteiger charge is -2.24. The van der Waals surface area contributed by atoms with Gasteiger partial charge in [0.15, 0.2) is 0 Å². The van der Waals surface area contributed by atoms with Crippen LogP contribution in [0.1, 0.15) is 17.4 Å². The summed E-state index contributed by atoms with van der Waals surface area (Å²) in [7, 11) is -2.46. The van der Waals surface area contributed by atoms with E-state index in [-0.39, 0.29) is 6.54 Å². The molecule has 4 nitrogen and oxygen atoms in total. The SMILES string of the molecule is COc1ccc(C2SCCN2S(=O)(=O)CCC(F)(F)F)cc1Br. The smallest absolute Gasteiger partial charge is 0.390 e. The number of hydrogen-bond donors (Lipinski definition) is 0. The molecule has 0 aromatic heterocycles. The summed E-state index contributed by atoms with van der Waals surface area (Å²) in [5, 5.41) is -0.518. The number of halogens is 4. The Morgan fingerprint density at radius 2 is 2.13 bits per heavy atom. The summed E-state index contributed by atoms with van der Waals surface area (Å²) in [6.45, 7) is 0.208. The van der Waals surface area contributed by atoms with Gasteiger partial charge in [-0.25, -0.2) is 8.42 Å². The summed E-state index contributed by atoms with van der Waals surface area (Å²) < 4.78 is 68.4. The predicted molar refractivity (Wildman–Crippen MR) is 87.1 cm³/mol. The highest BCUT2D eigenvalue weighted by atomic mass is 79.9. The summed E-state index contributed by atoms with van der Waals surface area (Å²) in [5.41, 5.74) is 0.704. The zero-order valence-corrected chi connectivity index (χ0v) is 15.4. The van der Waals surface area contributed by atoms with Crippen LogP contribution in [0, 0.1) is 0 Å². The number of hydrogen-bond acceptors (Lipinski definition) is 4. The molecule has 0 saturated carbocycles. The molecule has 23 heavy (non-hydrogen) atoms. The van der Waals surface area contributed by atoms with Crippen molar-refractivity contribution in [2.75, 3.05) is 25.2 Å². The van der Waals surface area contributed by atoms with Gasteiger partial charge < -0.3 is 4.74 Å². The van der Waals surface area contributed by atoms with E-state index in [9.17, 15) is 21.6 Å². The van der Waals surface area contributed by atoms with E-state index >= 15 is 0 Å². The minimum absolute atomic E-state index is 0.208. The third-order valence-electron chi connectivity index (χ3n) is 3.31. The molecule has 10 heteroatoms. The first kappa shape index (κ1) is 18.9. The van der Waals surface area contributed by atoms with Crippen molar-refractivity contribution in [3.63, 3.8) is 0 Å². The van der Waals surface area contributed by atoms with Crippen LogP contribution < -0.4 is 4.74 Å². The van der Waals surface area contributed by atoms with Crippen LogP contribution in [0.15, 0.2) is 22.7 Å². The summed E-state index contributed by atoms with van der Waals surface area (Å²) >= 11 is 4.72. The Labute approximate surface area is 145 Å². The zero-order valence-electron chi connectivity index (χ0n) is 12.1. The second-order valence-electron chi connectivity index (χ2n) is 4.91. The Hall–Kier alpha value is -0.450. The average Bonchev–Trinajstić information content (AvgIpc) is 2.95. The number of sulfonamides is 1. The van der Waals surface area contributed by atoms with Gasteiger partial charge in [0.05, 0.1) is 29.1 Å². The normalized spacial score (nSPS) is 20.0. The largest absolute Gasteiger partial charge is 0.496 e. The van der Waals surface area contributed by atoms with Gasteiger partial charge in [0.1, 0.15) is 5.75 Å². The number of rotatable bonds is 5. The van der Waals surface area contributed by atoms with E-state index in [0.29, 0.717) is 21.5 Å². The van der Waals surface area contributed by atoms with E-state index in [2.05, 4.69) is 15.9 Å². The molecule has 0 spiro atoms. The van der Waals surface area contributed by atoms with Gasteiger partial charge in [-0.15, -0.1) is 11.8 Å². The maximum Gasteiger partial charge on any atom is 0.390 e. The fourth-order valence-corrected chi connectivity index (χ4v) is 6.09. The van der Waals surface area contributed by atoms with E-state index in [1.54, 1.807) is 18.2 Å². The minimum atomic E-state index is -4.49. The predicted octanol–water partition coefficient (Wildman–Crippen LogP) is 3.79. The number of methoxy groups -OCH3 is 1. The number of nitrogens with zero attached hydrogens (tertiary/aromatic N) is 1. The standard InChI is InChI=1S/C13H15BrF3NO3S2/c1-21-11-3-2-9(8-10(11)14)12-18(5-6-22-12)23(19,20)7-4-13(15,16)17/h2-3,8,12H,4-7H2,1H3. The van der Waals surface area contributed by atoms with Gasteiger partial charge >= 0.3 is 6.18 Å². The monoisotopic (exact) mass is 433 g/mol. The van der Waals surface area contributed by atoms with Gasteiger partial charge in [-0.2, -0.15) is 17.5 Å². The van der Waals surface area contributed by atoms with Crippen LogP contribution in [-0.4, -0.2) is 44.1 Å². The molecular formula is C13H15BrF3NO3S2. The second-order valence-corrected chi connectivity index (χ2v) is 8.99. The Kier molecular flexibility index (Phi) is 5.91. The Morgan fingerprint density at radius 3 is 2.70 bits per heavy atom. The molecular weight excluding hydrogens is 419 g/mol. The molecule has 1 heterocycles. The van der Waals surface area contributed by atoms with Crippen molar-refractivity contribution in [3.8, 4) is 5.75 Å². The molecule has 0 radical (unpaired) electrons. The maximum absolute atomic E-state index is 12.3. The van der Waals surface area contributed by atoms with Crippen LogP contribution in [-0.2, 0) is 10.0 Å². The van der Waals surface area contributed by atoms with Crippen LogP contribution in [0.3, 0.4) is 0 Å². The first-order valence-electron chi connectivity index (χ1n) is 6.65. The Balaban J connectivity index is 2.21. The first-order valence-corrected chi connectivity index (χ1v) is 10.1. The van der Waals surface area contributed by atoms with E-state index in [0.717, 1.165) is 4.31 Å². The van der Waals surface area contributed by atoms with Gasteiger partial charge in [-0.3, -0.25) is 0 Å². The minimum Gasteiger partial charge on any atom is -0.496 e. The molecule has 0 aliphatic carbocycles. The lowest BCUT2D eigenvalue weighted by Crippen LogP contribution is -2.34. The van der Waals surface area contributed by atoms with Crippen LogP contribution in [0.4, 0.5) is 13.2 Å². The van der Waals surface area contributed by atoms with E-state index in [1.807, 2.05) is 0 Å². The number of ether oxygens (including phenoxy) is 1. The van der Waals surface area contributed by atoms with Gasteiger partial charge in [0.25, 0.3) is 0 Å². The Morgan fingerprint density at radius 1 is 1.43 bits per heavy atom. The third-order valence-corrected chi connectivity index (χ3v) is 7.15. The fourth-order valence-electron chi connectivity index (χ4n) is 2.20. The summed E-state index contributed by atoms with van der Waals surface area (Å²) in [6, 6.07) is 5.14. The van der Waals surface area contributed by atoms with Crippen LogP contribution in [0.5, 0.6) is 5.75 Å². The molecule has 1 saturated heterocycles.